The molecule has 0 heterocycles. The summed E-state index contributed by atoms with van der Waals surface area (Å²) in [6.45, 7) is 7.49. The van der Waals surface area contributed by atoms with E-state index in [2.05, 4.69) is 5.32 Å². The zero-order valence-corrected chi connectivity index (χ0v) is 13.1. The van der Waals surface area contributed by atoms with Crippen molar-refractivity contribution in [2.45, 2.75) is 45.8 Å². The van der Waals surface area contributed by atoms with Crippen molar-refractivity contribution in [1.29, 1.82) is 0 Å². The Labute approximate surface area is 125 Å². The number of aliphatic hydroxyl groups is 1. The number of amides is 1. The van der Waals surface area contributed by atoms with E-state index >= 15 is 0 Å². The van der Waals surface area contributed by atoms with Gasteiger partial charge in [0.2, 0.25) is 0 Å². The molecule has 0 aromatic heterocycles. The second kappa shape index (κ2) is 6.95. The molecule has 5 heteroatoms. The third-order valence-electron chi connectivity index (χ3n) is 3.16. The van der Waals surface area contributed by atoms with Crippen molar-refractivity contribution in [1.82, 2.24) is 5.32 Å². The van der Waals surface area contributed by atoms with Crippen molar-refractivity contribution in [3.8, 4) is 5.75 Å². The van der Waals surface area contributed by atoms with Crippen LogP contribution in [-0.4, -0.2) is 23.2 Å². The predicted molar refractivity (Wildman–Crippen MR) is 80.1 cm³/mol. The van der Waals surface area contributed by atoms with Crippen LogP contribution < -0.4 is 10.1 Å². The molecule has 0 aliphatic carbocycles. The standard InChI is InChI=1S/C15H22ClNO3/c1-5-15(3,4)17-14(19)9-20-13-7-6-11(10(2)18)8-12(13)16/h6-8,10,18H,5,9H2,1-4H3,(H,17,19)/t10-/m1/s1. The fourth-order valence-corrected chi connectivity index (χ4v) is 1.78. The molecule has 0 spiro atoms. The molecule has 1 amide bonds. The maximum absolute atomic E-state index is 11.8. The summed E-state index contributed by atoms with van der Waals surface area (Å²) in [4.78, 5) is 11.8. The van der Waals surface area contributed by atoms with Gasteiger partial charge in [0.1, 0.15) is 5.75 Å². The van der Waals surface area contributed by atoms with Gasteiger partial charge in [-0.3, -0.25) is 4.79 Å². The van der Waals surface area contributed by atoms with Gasteiger partial charge in [-0.1, -0.05) is 24.6 Å². The monoisotopic (exact) mass is 299 g/mol. The molecule has 0 saturated heterocycles. The van der Waals surface area contributed by atoms with Crippen molar-refractivity contribution in [2.75, 3.05) is 6.61 Å². The fraction of sp³-hybridized carbons (Fsp3) is 0.533. The van der Waals surface area contributed by atoms with Gasteiger partial charge >= 0.3 is 0 Å². The number of hydrogen-bond acceptors (Lipinski definition) is 3. The summed E-state index contributed by atoms with van der Waals surface area (Å²) >= 11 is 6.05. The molecule has 0 saturated carbocycles. The predicted octanol–water partition coefficient (Wildman–Crippen LogP) is 3.08. The Hall–Kier alpha value is -1.26. The van der Waals surface area contributed by atoms with Crippen LogP contribution in [0.5, 0.6) is 5.75 Å². The molecule has 20 heavy (non-hydrogen) atoms. The highest BCUT2D eigenvalue weighted by atomic mass is 35.5. The highest BCUT2D eigenvalue weighted by Gasteiger charge is 2.18. The summed E-state index contributed by atoms with van der Waals surface area (Å²) in [5, 5.41) is 12.7. The first-order valence-corrected chi connectivity index (χ1v) is 7.04. The Morgan fingerprint density at radius 1 is 1.50 bits per heavy atom. The zero-order chi connectivity index (χ0) is 15.3. The number of carbonyl (C=O) groups is 1. The molecular formula is C15H22ClNO3. The van der Waals surface area contributed by atoms with E-state index in [-0.39, 0.29) is 18.1 Å². The number of nitrogens with one attached hydrogen (secondary N) is 1. The van der Waals surface area contributed by atoms with E-state index in [0.29, 0.717) is 16.3 Å². The summed E-state index contributed by atoms with van der Waals surface area (Å²) in [5.41, 5.74) is 0.458. The smallest absolute Gasteiger partial charge is 0.258 e. The number of halogens is 1. The van der Waals surface area contributed by atoms with Crippen LogP contribution in [0.1, 0.15) is 45.8 Å². The Morgan fingerprint density at radius 3 is 2.65 bits per heavy atom. The molecule has 112 valence electrons. The number of benzene rings is 1. The molecular weight excluding hydrogens is 278 g/mol. The third-order valence-corrected chi connectivity index (χ3v) is 3.45. The van der Waals surface area contributed by atoms with Gasteiger partial charge in [-0.25, -0.2) is 0 Å². The maximum Gasteiger partial charge on any atom is 0.258 e. The summed E-state index contributed by atoms with van der Waals surface area (Å²) in [6, 6.07) is 5.01. The molecule has 0 aliphatic heterocycles. The van der Waals surface area contributed by atoms with Crippen LogP contribution in [-0.2, 0) is 4.79 Å². The molecule has 2 N–H and O–H groups in total. The lowest BCUT2D eigenvalue weighted by molar-refractivity contribution is -0.124. The summed E-state index contributed by atoms with van der Waals surface area (Å²) in [5.74, 6) is 0.244. The fourth-order valence-electron chi connectivity index (χ4n) is 1.54. The normalized spacial score (nSPS) is 12.9. The van der Waals surface area contributed by atoms with Crippen LogP contribution in [0.25, 0.3) is 0 Å². The Kier molecular flexibility index (Phi) is 5.84. The molecule has 1 aromatic rings. The maximum atomic E-state index is 11.8. The average Bonchev–Trinajstić information content (AvgIpc) is 2.36. The Balaban J connectivity index is 2.60. The molecule has 0 radical (unpaired) electrons. The molecule has 0 fully saturated rings. The molecule has 4 nitrogen and oxygen atoms in total. The van der Waals surface area contributed by atoms with Crippen LogP contribution in [0, 0.1) is 0 Å². The second-order valence-corrected chi connectivity index (χ2v) is 5.85. The summed E-state index contributed by atoms with van der Waals surface area (Å²) in [7, 11) is 0. The SMILES string of the molecule is CCC(C)(C)NC(=O)COc1ccc([C@@H](C)O)cc1Cl. The van der Waals surface area contributed by atoms with E-state index in [9.17, 15) is 9.90 Å². The van der Waals surface area contributed by atoms with Gasteiger partial charge in [0.15, 0.2) is 6.61 Å². The molecule has 0 bridgehead atoms. The third kappa shape index (κ3) is 5.02. The van der Waals surface area contributed by atoms with Crippen LogP contribution in [0.3, 0.4) is 0 Å². The van der Waals surface area contributed by atoms with E-state index in [1.807, 2.05) is 20.8 Å². The van der Waals surface area contributed by atoms with Crippen LogP contribution in [0.4, 0.5) is 0 Å². The lowest BCUT2D eigenvalue weighted by atomic mass is 10.0. The Morgan fingerprint density at radius 2 is 2.15 bits per heavy atom. The van der Waals surface area contributed by atoms with Gasteiger partial charge < -0.3 is 15.2 Å². The number of aliphatic hydroxyl groups excluding tert-OH is 1. The zero-order valence-electron chi connectivity index (χ0n) is 12.4. The first-order valence-electron chi connectivity index (χ1n) is 6.66. The molecule has 0 aliphatic rings. The van der Waals surface area contributed by atoms with E-state index in [1.54, 1.807) is 25.1 Å². The van der Waals surface area contributed by atoms with Gasteiger partial charge in [-0.2, -0.15) is 0 Å². The number of rotatable bonds is 6. The first kappa shape index (κ1) is 16.8. The van der Waals surface area contributed by atoms with Crippen molar-refractivity contribution < 1.29 is 14.6 Å². The first-order chi connectivity index (χ1) is 9.25. The lowest BCUT2D eigenvalue weighted by Gasteiger charge is -2.24. The molecule has 1 atom stereocenters. The van der Waals surface area contributed by atoms with Crippen LogP contribution in [0.2, 0.25) is 5.02 Å². The van der Waals surface area contributed by atoms with Crippen molar-refractivity contribution >= 4 is 17.5 Å². The Bertz CT molecular complexity index is 472. The summed E-state index contributed by atoms with van der Waals surface area (Å²) in [6.07, 6.45) is 0.248. The van der Waals surface area contributed by atoms with Crippen LogP contribution in [0.15, 0.2) is 18.2 Å². The number of ether oxygens (including phenoxy) is 1. The van der Waals surface area contributed by atoms with Crippen LogP contribution >= 0.6 is 11.6 Å². The summed E-state index contributed by atoms with van der Waals surface area (Å²) < 4.78 is 5.40. The van der Waals surface area contributed by atoms with E-state index < -0.39 is 6.10 Å². The van der Waals surface area contributed by atoms with Crippen molar-refractivity contribution in [3.63, 3.8) is 0 Å². The lowest BCUT2D eigenvalue weighted by Crippen LogP contribution is -2.44. The minimum Gasteiger partial charge on any atom is -0.482 e. The highest BCUT2D eigenvalue weighted by molar-refractivity contribution is 6.32. The largest absolute Gasteiger partial charge is 0.482 e. The molecule has 1 aromatic carbocycles. The van der Waals surface area contributed by atoms with Gasteiger partial charge in [0.05, 0.1) is 11.1 Å². The van der Waals surface area contributed by atoms with Crippen molar-refractivity contribution in [2.24, 2.45) is 0 Å². The van der Waals surface area contributed by atoms with E-state index in [1.165, 1.54) is 0 Å². The van der Waals surface area contributed by atoms with E-state index in [0.717, 1.165) is 6.42 Å². The molecule has 1 rings (SSSR count). The quantitative estimate of drug-likeness (QED) is 0.848. The van der Waals surface area contributed by atoms with Gasteiger partial charge in [-0.05, 0) is 44.9 Å². The topological polar surface area (TPSA) is 58.6 Å². The minimum atomic E-state index is -0.588. The number of carbonyl (C=O) groups excluding carboxylic acids is 1. The molecule has 0 unspecified atom stereocenters. The van der Waals surface area contributed by atoms with Gasteiger partial charge in [0.25, 0.3) is 5.91 Å². The highest BCUT2D eigenvalue weighted by Crippen LogP contribution is 2.27. The second-order valence-electron chi connectivity index (χ2n) is 5.44. The average molecular weight is 300 g/mol. The van der Waals surface area contributed by atoms with Crippen molar-refractivity contribution in [3.05, 3.63) is 28.8 Å². The number of hydrogen-bond donors (Lipinski definition) is 2. The minimum absolute atomic E-state index is 0.0861. The van der Waals surface area contributed by atoms with Gasteiger partial charge in [-0.15, -0.1) is 0 Å². The van der Waals surface area contributed by atoms with E-state index in [4.69, 9.17) is 16.3 Å². The van der Waals surface area contributed by atoms with Gasteiger partial charge in [0, 0.05) is 5.54 Å².